The van der Waals surface area contributed by atoms with Crippen LogP contribution in [0.1, 0.15) is 49.8 Å². The van der Waals surface area contributed by atoms with Crippen LogP contribution in [0.25, 0.3) is 11.1 Å². The minimum absolute atomic E-state index is 0.213. The fraction of sp³-hybridized carbons (Fsp3) is 0.375. The number of aryl methyl sites for hydroxylation is 2. The fourth-order valence-corrected chi connectivity index (χ4v) is 3.21. The van der Waals surface area contributed by atoms with E-state index in [0.717, 1.165) is 12.1 Å². The summed E-state index contributed by atoms with van der Waals surface area (Å²) in [5, 5.41) is 11.7. The first kappa shape index (κ1) is 21.8. The Bertz CT molecular complexity index is 867. The van der Waals surface area contributed by atoms with Crippen LogP contribution >= 0.6 is 0 Å². The Morgan fingerprint density at radius 3 is 2.43 bits per heavy atom. The maximum atomic E-state index is 14.3. The molecule has 2 aromatic carbocycles. The first-order valence-electron chi connectivity index (χ1n) is 9.95. The second-order valence-electron chi connectivity index (χ2n) is 7.17. The summed E-state index contributed by atoms with van der Waals surface area (Å²) in [5.41, 5.74) is 3.86. The van der Waals surface area contributed by atoms with Gasteiger partial charge in [-0.2, -0.15) is 0 Å². The number of hydrogen-bond acceptors (Lipinski definition) is 2. The van der Waals surface area contributed by atoms with E-state index in [-0.39, 0.29) is 11.3 Å². The van der Waals surface area contributed by atoms with Gasteiger partial charge in [-0.25, -0.2) is 8.78 Å². The first-order valence-corrected chi connectivity index (χ1v) is 9.95. The third kappa shape index (κ3) is 4.86. The summed E-state index contributed by atoms with van der Waals surface area (Å²) in [6.45, 7) is 12.4. The Morgan fingerprint density at radius 2 is 1.82 bits per heavy atom. The molecule has 0 spiro atoms. The second kappa shape index (κ2) is 9.63. The van der Waals surface area contributed by atoms with Crippen molar-refractivity contribution in [2.24, 2.45) is 5.92 Å². The van der Waals surface area contributed by atoms with Crippen LogP contribution in [-0.2, 0) is 0 Å². The predicted octanol–water partition coefficient (Wildman–Crippen LogP) is 6.55. The fourth-order valence-electron chi connectivity index (χ4n) is 3.21. The summed E-state index contributed by atoms with van der Waals surface area (Å²) in [6.07, 6.45) is 3.72. The Hall–Kier alpha value is -2.49. The molecule has 28 heavy (non-hydrogen) atoms. The molecule has 0 atom stereocenters. The van der Waals surface area contributed by atoms with E-state index in [0.29, 0.717) is 28.3 Å². The van der Waals surface area contributed by atoms with Crippen molar-refractivity contribution in [3.63, 3.8) is 0 Å². The van der Waals surface area contributed by atoms with Crippen molar-refractivity contribution in [2.75, 3.05) is 6.54 Å². The molecule has 0 saturated heterocycles. The summed E-state index contributed by atoms with van der Waals surface area (Å²) in [5.74, 6) is -1.06. The lowest BCUT2D eigenvalue weighted by Crippen LogP contribution is -2.29. The van der Waals surface area contributed by atoms with Crippen LogP contribution in [0, 0.1) is 36.8 Å². The Labute approximate surface area is 167 Å². The van der Waals surface area contributed by atoms with E-state index in [1.54, 1.807) is 25.1 Å². The van der Waals surface area contributed by atoms with Gasteiger partial charge in [0, 0.05) is 17.7 Å². The maximum absolute atomic E-state index is 14.3. The maximum Gasteiger partial charge on any atom is 0.166 e. The van der Waals surface area contributed by atoms with Gasteiger partial charge < -0.3 is 5.32 Å². The van der Waals surface area contributed by atoms with E-state index in [2.05, 4.69) is 11.9 Å². The first-order chi connectivity index (χ1) is 13.4. The molecule has 0 unspecified atom stereocenters. The van der Waals surface area contributed by atoms with Crippen molar-refractivity contribution in [2.45, 2.75) is 47.0 Å². The highest BCUT2D eigenvalue weighted by Gasteiger charge is 2.19. The second-order valence-corrected chi connectivity index (χ2v) is 7.17. The van der Waals surface area contributed by atoms with Gasteiger partial charge in [0.05, 0.1) is 11.4 Å². The quantitative estimate of drug-likeness (QED) is 0.545. The van der Waals surface area contributed by atoms with Gasteiger partial charge >= 0.3 is 0 Å². The van der Waals surface area contributed by atoms with Gasteiger partial charge in [0.1, 0.15) is 0 Å². The van der Waals surface area contributed by atoms with Crippen molar-refractivity contribution in [1.82, 2.24) is 5.32 Å². The molecule has 2 N–H and O–H groups in total. The smallest absolute Gasteiger partial charge is 0.166 e. The highest BCUT2D eigenvalue weighted by Crippen LogP contribution is 2.29. The zero-order valence-corrected chi connectivity index (χ0v) is 17.3. The van der Waals surface area contributed by atoms with Crippen LogP contribution < -0.4 is 5.32 Å². The summed E-state index contributed by atoms with van der Waals surface area (Å²) < 4.78 is 28.0. The average molecular weight is 385 g/mol. The van der Waals surface area contributed by atoms with Gasteiger partial charge in [-0.05, 0) is 67.5 Å². The Morgan fingerprint density at radius 1 is 1.14 bits per heavy atom. The number of rotatable bonds is 6. The van der Waals surface area contributed by atoms with Crippen molar-refractivity contribution in [3.8, 4) is 11.1 Å². The largest absolute Gasteiger partial charge is 0.384 e. The average Bonchev–Trinajstić information content (AvgIpc) is 2.65. The molecule has 3 rings (SSSR count). The minimum atomic E-state index is -0.862. The molecular formula is C24H30F2N2. The lowest BCUT2D eigenvalue weighted by molar-refractivity contribution is 0.311. The van der Waals surface area contributed by atoms with Crippen LogP contribution in [0.3, 0.4) is 0 Å². The number of allylic oxidation sites excluding steroid dienone is 1. The van der Waals surface area contributed by atoms with Gasteiger partial charge in [0.2, 0.25) is 0 Å². The monoisotopic (exact) mass is 384 g/mol. The molecule has 0 amide bonds. The van der Waals surface area contributed by atoms with Gasteiger partial charge in [-0.15, -0.1) is 0 Å². The third-order valence-electron chi connectivity index (χ3n) is 5.12. The molecule has 150 valence electrons. The molecule has 1 saturated carbocycles. The van der Waals surface area contributed by atoms with Gasteiger partial charge in [-0.1, -0.05) is 39.0 Å². The lowest BCUT2D eigenvalue weighted by Gasteiger charge is -2.26. The molecule has 2 aromatic rings. The summed E-state index contributed by atoms with van der Waals surface area (Å²) in [7, 11) is 0. The highest BCUT2D eigenvalue weighted by molar-refractivity contribution is 6.11. The van der Waals surface area contributed by atoms with Crippen molar-refractivity contribution in [3.05, 3.63) is 70.9 Å². The lowest BCUT2D eigenvalue weighted by atomic mass is 9.85. The Balaban J connectivity index is 0.00000136. The molecular weight excluding hydrogens is 354 g/mol. The zero-order chi connectivity index (χ0) is 20.8. The highest BCUT2D eigenvalue weighted by atomic mass is 19.2. The summed E-state index contributed by atoms with van der Waals surface area (Å²) in [6, 6.07) is 8.14. The van der Waals surface area contributed by atoms with Crippen LogP contribution in [0.5, 0.6) is 0 Å². The molecule has 1 aliphatic rings. The molecule has 1 aliphatic carbocycles. The zero-order valence-electron chi connectivity index (χ0n) is 17.3. The summed E-state index contributed by atoms with van der Waals surface area (Å²) in [4.78, 5) is 0. The van der Waals surface area contributed by atoms with E-state index in [1.165, 1.54) is 25.3 Å². The van der Waals surface area contributed by atoms with Crippen molar-refractivity contribution < 1.29 is 8.78 Å². The van der Waals surface area contributed by atoms with Crippen LogP contribution in [0.4, 0.5) is 8.78 Å². The molecule has 0 aliphatic heterocycles. The Kier molecular flexibility index (Phi) is 7.50. The van der Waals surface area contributed by atoms with Gasteiger partial charge in [-0.3, -0.25) is 5.41 Å². The van der Waals surface area contributed by atoms with E-state index < -0.39 is 11.6 Å². The third-order valence-corrected chi connectivity index (χ3v) is 5.12. The topological polar surface area (TPSA) is 35.9 Å². The molecule has 4 heteroatoms. The van der Waals surface area contributed by atoms with Gasteiger partial charge in [0.15, 0.2) is 11.6 Å². The molecule has 0 bridgehead atoms. The standard InChI is InChI=1S/C22H24F2N2.C2H6/c1-13-9-19(21(24)20(23)10-13)17-8-7-14(2)18(11-17)22(25)15(3)26-12-16-5-4-6-16;1-2/h7-11,16,25-26H,3-6,12H2,1-2H3;1-2H3. The van der Waals surface area contributed by atoms with E-state index >= 15 is 0 Å². The number of benzene rings is 2. The predicted molar refractivity (Wildman–Crippen MR) is 114 cm³/mol. The van der Waals surface area contributed by atoms with Gasteiger partial charge in [0.25, 0.3) is 0 Å². The summed E-state index contributed by atoms with van der Waals surface area (Å²) >= 11 is 0. The van der Waals surface area contributed by atoms with E-state index in [4.69, 9.17) is 5.41 Å². The number of halogens is 2. The van der Waals surface area contributed by atoms with Crippen LogP contribution in [0.15, 0.2) is 42.6 Å². The molecule has 0 heterocycles. The van der Waals surface area contributed by atoms with Crippen molar-refractivity contribution >= 4 is 5.71 Å². The SMILES string of the molecule is C=C(NCC1CCC1)C(=N)c1cc(-c2cc(C)cc(F)c2F)ccc1C.CC. The molecule has 1 fully saturated rings. The molecule has 0 radical (unpaired) electrons. The minimum Gasteiger partial charge on any atom is -0.384 e. The van der Waals surface area contributed by atoms with Crippen LogP contribution in [-0.4, -0.2) is 12.3 Å². The van der Waals surface area contributed by atoms with E-state index in [9.17, 15) is 8.78 Å². The number of nitrogens with one attached hydrogen (secondary N) is 2. The normalized spacial score (nSPS) is 13.2. The number of hydrogen-bond donors (Lipinski definition) is 2. The molecule has 2 nitrogen and oxygen atoms in total. The van der Waals surface area contributed by atoms with Crippen LogP contribution in [0.2, 0.25) is 0 Å². The van der Waals surface area contributed by atoms with Crippen molar-refractivity contribution in [1.29, 1.82) is 5.41 Å². The van der Waals surface area contributed by atoms with E-state index in [1.807, 2.05) is 26.8 Å². The molecule has 0 aromatic heterocycles.